The second-order valence-electron chi connectivity index (χ2n) is 9.55. The first kappa shape index (κ1) is 27.1. The zero-order valence-corrected chi connectivity index (χ0v) is 21.7. The minimum atomic E-state index is -1.08. The van der Waals surface area contributed by atoms with Gasteiger partial charge in [-0.15, -0.1) is 0 Å². The predicted molar refractivity (Wildman–Crippen MR) is 144 cm³/mol. The highest BCUT2D eigenvalue weighted by atomic mass is 16.5. The number of aryl methyl sites for hydroxylation is 1. The summed E-state index contributed by atoms with van der Waals surface area (Å²) in [5.74, 6) is -1.28. The molecule has 0 bridgehead atoms. The molecule has 0 spiro atoms. The normalized spacial score (nSPS) is 18.6. The van der Waals surface area contributed by atoms with Gasteiger partial charge in [-0.25, -0.2) is 4.79 Å². The predicted octanol–water partition coefficient (Wildman–Crippen LogP) is 3.82. The molecular formula is C30H34N2O6. The number of carboxylic acids is 1. The van der Waals surface area contributed by atoms with Crippen LogP contribution in [0.15, 0.2) is 72.8 Å². The van der Waals surface area contributed by atoms with Crippen LogP contribution in [0.4, 0.5) is 0 Å². The fourth-order valence-corrected chi connectivity index (χ4v) is 4.88. The molecule has 3 aromatic rings. The largest absolute Gasteiger partial charge is 0.488 e. The molecule has 1 aliphatic heterocycles. The van der Waals surface area contributed by atoms with Crippen LogP contribution in [0.5, 0.6) is 5.75 Å². The average molecular weight is 519 g/mol. The number of hydrogen-bond acceptors (Lipinski definition) is 6. The second-order valence-corrected chi connectivity index (χ2v) is 9.55. The Balaban J connectivity index is 1.42. The van der Waals surface area contributed by atoms with Crippen LogP contribution >= 0.6 is 0 Å². The number of carbonyl (C=O) groups is 3. The van der Waals surface area contributed by atoms with Gasteiger partial charge in [0.25, 0.3) is 0 Å². The number of likely N-dealkylation sites (tertiary alicyclic amines) is 1. The number of amides is 1. The van der Waals surface area contributed by atoms with Crippen molar-refractivity contribution in [1.82, 2.24) is 10.2 Å². The molecule has 3 aromatic carbocycles. The van der Waals surface area contributed by atoms with Crippen LogP contribution in [-0.2, 0) is 25.5 Å². The molecule has 38 heavy (non-hydrogen) atoms. The standard InChI is InChI=1S/C30H34N2O6/c1-3-37-30(36)26(16-13-21-9-5-4-6-10-21)31-20(2)28(33)32-19-25(18-27(32)29(34)35)38-24-15-14-22-11-7-8-12-23(22)17-24/h4-12,14-15,17,20,25-27,31H,3,13,16,18-19H2,1-2H3,(H,34,35)/t20-,25-,26-,27-/m0/s1. The first-order valence-electron chi connectivity index (χ1n) is 13.0. The Morgan fingerprint density at radius 1 is 1.03 bits per heavy atom. The van der Waals surface area contributed by atoms with E-state index in [1.807, 2.05) is 72.8 Å². The fourth-order valence-electron chi connectivity index (χ4n) is 4.88. The lowest BCUT2D eigenvalue weighted by Gasteiger charge is -2.27. The van der Waals surface area contributed by atoms with E-state index in [0.29, 0.717) is 18.6 Å². The maximum Gasteiger partial charge on any atom is 0.326 e. The topological polar surface area (TPSA) is 105 Å². The van der Waals surface area contributed by atoms with Gasteiger partial charge in [0.15, 0.2) is 0 Å². The molecule has 0 aliphatic carbocycles. The number of nitrogens with zero attached hydrogens (tertiary/aromatic N) is 1. The van der Waals surface area contributed by atoms with Crippen molar-refractivity contribution < 1.29 is 29.0 Å². The number of ether oxygens (including phenoxy) is 2. The number of aliphatic carboxylic acids is 1. The van der Waals surface area contributed by atoms with Crippen LogP contribution in [0, 0.1) is 0 Å². The van der Waals surface area contributed by atoms with Gasteiger partial charge in [-0.1, -0.05) is 60.7 Å². The molecule has 1 fully saturated rings. The van der Waals surface area contributed by atoms with E-state index < -0.39 is 42.1 Å². The van der Waals surface area contributed by atoms with Gasteiger partial charge in [-0.2, -0.15) is 0 Å². The third-order valence-corrected chi connectivity index (χ3v) is 6.81. The molecule has 0 aromatic heterocycles. The molecule has 1 amide bonds. The van der Waals surface area contributed by atoms with Gasteiger partial charge in [-0.3, -0.25) is 14.9 Å². The van der Waals surface area contributed by atoms with Crippen LogP contribution < -0.4 is 10.1 Å². The van der Waals surface area contributed by atoms with E-state index in [1.54, 1.807) is 13.8 Å². The van der Waals surface area contributed by atoms with Crippen LogP contribution in [-0.4, -0.2) is 65.2 Å². The summed E-state index contributed by atoms with van der Waals surface area (Å²) in [6, 6.07) is 20.9. The molecule has 0 radical (unpaired) electrons. The molecule has 2 N–H and O–H groups in total. The van der Waals surface area contributed by atoms with Crippen LogP contribution in [0.2, 0.25) is 0 Å². The molecule has 1 heterocycles. The Labute approximate surface area is 222 Å². The smallest absolute Gasteiger partial charge is 0.326 e. The molecule has 8 nitrogen and oxygen atoms in total. The molecule has 1 saturated heterocycles. The lowest BCUT2D eigenvalue weighted by atomic mass is 10.0. The number of fused-ring (bicyclic) bond motifs is 1. The average Bonchev–Trinajstić information content (AvgIpc) is 3.35. The number of esters is 1. The quantitative estimate of drug-likeness (QED) is 0.372. The summed E-state index contributed by atoms with van der Waals surface area (Å²) < 4.78 is 11.3. The third-order valence-electron chi connectivity index (χ3n) is 6.81. The summed E-state index contributed by atoms with van der Waals surface area (Å²) in [4.78, 5) is 39.4. The summed E-state index contributed by atoms with van der Waals surface area (Å²) in [7, 11) is 0. The van der Waals surface area contributed by atoms with Crippen molar-refractivity contribution in [2.75, 3.05) is 13.2 Å². The first-order chi connectivity index (χ1) is 18.4. The number of carbonyl (C=O) groups excluding carboxylic acids is 2. The molecule has 4 atom stereocenters. The van der Waals surface area contributed by atoms with Gasteiger partial charge in [0, 0.05) is 6.42 Å². The van der Waals surface area contributed by atoms with E-state index >= 15 is 0 Å². The van der Waals surface area contributed by atoms with E-state index in [2.05, 4.69) is 5.32 Å². The van der Waals surface area contributed by atoms with Crippen molar-refractivity contribution in [3.05, 3.63) is 78.4 Å². The first-order valence-corrected chi connectivity index (χ1v) is 13.0. The zero-order valence-electron chi connectivity index (χ0n) is 21.7. The lowest BCUT2D eigenvalue weighted by molar-refractivity contribution is -0.150. The fraction of sp³-hybridized carbons (Fsp3) is 0.367. The maximum atomic E-state index is 13.4. The van der Waals surface area contributed by atoms with Crippen LogP contribution in [0.3, 0.4) is 0 Å². The highest BCUT2D eigenvalue weighted by molar-refractivity contribution is 5.88. The van der Waals surface area contributed by atoms with Gasteiger partial charge < -0.3 is 19.5 Å². The van der Waals surface area contributed by atoms with Crippen molar-refractivity contribution >= 4 is 28.6 Å². The monoisotopic (exact) mass is 518 g/mol. The molecule has 1 aliphatic rings. The lowest BCUT2D eigenvalue weighted by Crippen LogP contribution is -2.53. The molecule has 0 unspecified atom stereocenters. The SMILES string of the molecule is CCOC(=O)[C@H](CCc1ccccc1)N[C@@H](C)C(=O)N1C[C@@H](Oc2ccc3ccccc3c2)C[C@H]1C(=O)O. The number of nitrogens with one attached hydrogen (secondary N) is 1. The molecular weight excluding hydrogens is 484 g/mol. The summed E-state index contributed by atoms with van der Waals surface area (Å²) in [6.07, 6.45) is 0.778. The number of hydrogen-bond donors (Lipinski definition) is 2. The summed E-state index contributed by atoms with van der Waals surface area (Å²) in [6.45, 7) is 3.75. The molecule has 4 rings (SSSR count). The summed E-state index contributed by atoms with van der Waals surface area (Å²) in [5.41, 5.74) is 1.07. The Morgan fingerprint density at radius 2 is 1.74 bits per heavy atom. The minimum Gasteiger partial charge on any atom is -0.488 e. The summed E-state index contributed by atoms with van der Waals surface area (Å²) in [5, 5.41) is 15.0. The van der Waals surface area contributed by atoms with E-state index in [1.165, 1.54) is 4.90 Å². The molecule has 0 saturated carbocycles. The highest BCUT2D eigenvalue weighted by Crippen LogP contribution is 2.27. The van der Waals surface area contributed by atoms with Gasteiger partial charge in [0.1, 0.15) is 23.9 Å². The van der Waals surface area contributed by atoms with Crippen molar-refractivity contribution in [2.24, 2.45) is 0 Å². The van der Waals surface area contributed by atoms with E-state index in [-0.39, 0.29) is 19.6 Å². The van der Waals surface area contributed by atoms with E-state index in [9.17, 15) is 19.5 Å². The van der Waals surface area contributed by atoms with Gasteiger partial charge in [0.05, 0.1) is 19.2 Å². The van der Waals surface area contributed by atoms with E-state index in [0.717, 1.165) is 16.3 Å². The van der Waals surface area contributed by atoms with Gasteiger partial charge >= 0.3 is 11.9 Å². The van der Waals surface area contributed by atoms with E-state index in [4.69, 9.17) is 9.47 Å². The van der Waals surface area contributed by atoms with Crippen molar-refractivity contribution in [3.8, 4) is 5.75 Å². The Hall–Kier alpha value is -3.91. The zero-order chi connectivity index (χ0) is 27.1. The van der Waals surface area contributed by atoms with Crippen LogP contribution in [0.1, 0.15) is 32.3 Å². The Morgan fingerprint density at radius 3 is 2.45 bits per heavy atom. The van der Waals surface area contributed by atoms with Crippen molar-refractivity contribution in [2.45, 2.75) is 57.3 Å². The Kier molecular flexibility index (Phi) is 8.97. The highest BCUT2D eigenvalue weighted by Gasteiger charge is 2.42. The van der Waals surface area contributed by atoms with Crippen molar-refractivity contribution in [1.29, 1.82) is 0 Å². The van der Waals surface area contributed by atoms with Crippen molar-refractivity contribution in [3.63, 3.8) is 0 Å². The number of rotatable bonds is 11. The van der Waals surface area contributed by atoms with Gasteiger partial charge in [0.2, 0.25) is 5.91 Å². The minimum absolute atomic E-state index is 0.142. The second kappa shape index (κ2) is 12.6. The van der Waals surface area contributed by atoms with Crippen LogP contribution in [0.25, 0.3) is 10.8 Å². The molecule has 8 heteroatoms. The van der Waals surface area contributed by atoms with Gasteiger partial charge in [-0.05, 0) is 55.2 Å². The maximum absolute atomic E-state index is 13.4. The molecule has 200 valence electrons. The number of carboxylic acid groups (broad SMARTS) is 1. The summed E-state index contributed by atoms with van der Waals surface area (Å²) >= 11 is 0. The Bertz CT molecular complexity index is 1260. The number of benzene rings is 3. The third kappa shape index (κ3) is 6.69.